The van der Waals surface area contributed by atoms with E-state index in [0.29, 0.717) is 4.90 Å². The van der Waals surface area contributed by atoms with Gasteiger partial charge in [0.25, 0.3) is 0 Å². The Morgan fingerprint density at radius 3 is 2.36 bits per heavy atom. The van der Waals surface area contributed by atoms with E-state index in [1.165, 1.54) is 6.92 Å². The molecule has 7 nitrogen and oxygen atoms in total. The highest BCUT2D eigenvalue weighted by atomic mass is 16.5. The average molecular weight is 200 g/mol. The molecule has 14 heavy (non-hydrogen) atoms. The third kappa shape index (κ3) is 1.43. The van der Waals surface area contributed by atoms with Crippen LogP contribution in [0.5, 0.6) is 0 Å². The predicted octanol–water partition coefficient (Wildman–Crippen LogP) is -1.37. The van der Waals surface area contributed by atoms with Gasteiger partial charge in [0.2, 0.25) is 0 Å². The molecule has 0 spiro atoms. The first-order chi connectivity index (χ1) is 6.49. The minimum atomic E-state index is -1.10. The highest BCUT2D eigenvalue weighted by Gasteiger charge is 2.42. The fourth-order valence-electron chi connectivity index (χ4n) is 1.04. The number of nitrogens with one attached hydrogen (secondary N) is 1. The van der Waals surface area contributed by atoms with E-state index < -0.39 is 29.9 Å². The largest absolute Gasteiger partial charge is 0.467 e. The molecule has 0 radical (unpaired) electrons. The summed E-state index contributed by atoms with van der Waals surface area (Å²) in [5, 5.41) is 1.77. The van der Waals surface area contributed by atoms with E-state index in [4.69, 9.17) is 0 Å². The summed E-state index contributed by atoms with van der Waals surface area (Å²) in [6.07, 6.45) is 0. The Labute approximate surface area is 79.0 Å². The molecule has 1 heterocycles. The van der Waals surface area contributed by atoms with Crippen LogP contribution in [-0.4, -0.2) is 41.9 Å². The monoisotopic (exact) mass is 200 g/mol. The van der Waals surface area contributed by atoms with Gasteiger partial charge < -0.3 is 4.74 Å². The van der Waals surface area contributed by atoms with Crippen LogP contribution in [0, 0.1) is 0 Å². The molecule has 1 aliphatic heterocycles. The van der Waals surface area contributed by atoms with Gasteiger partial charge in [-0.1, -0.05) is 0 Å². The Bertz CT molecular complexity index is 324. The Hall–Kier alpha value is -1.92. The summed E-state index contributed by atoms with van der Waals surface area (Å²) in [4.78, 5) is 44.3. The topological polar surface area (TPSA) is 92.8 Å². The van der Waals surface area contributed by atoms with Crippen molar-refractivity contribution in [2.45, 2.75) is 13.0 Å². The average Bonchev–Trinajstić information content (AvgIpc) is 2.39. The third-order valence-electron chi connectivity index (χ3n) is 1.78. The molecule has 4 amide bonds. The number of methoxy groups -OCH3 is 1. The Balaban J connectivity index is 2.87. The van der Waals surface area contributed by atoms with Crippen LogP contribution in [0.3, 0.4) is 0 Å². The molecule has 0 saturated carbocycles. The molecule has 1 rings (SSSR count). The molecule has 0 aliphatic carbocycles. The first-order valence-electron chi connectivity index (χ1n) is 3.75. The lowest BCUT2D eigenvalue weighted by Crippen LogP contribution is -2.44. The van der Waals surface area contributed by atoms with Crippen LogP contribution in [0.2, 0.25) is 0 Å². The molecule has 1 saturated heterocycles. The lowest BCUT2D eigenvalue weighted by Gasteiger charge is -2.17. The summed E-state index contributed by atoms with van der Waals surface area (Å²) in [5.74, 6) is -2.85. The van der Waals surface area contributed by atoms with Gasteiger partial charge in [-0.25, -0.2) is 14.5 Å². The number of nitrogens with zero attached hydrogens (tertiary/aromatic N) is 1. The van der Waals surface area contributed by atoms with E-state index in [0.717, 1.165) is 7.11 Å². The quantitative estimate of drug-likeness (QED) is 0.337. The number of carbonyl (C=O) groups is 4. The standard InChI is InChI=1S/C7H8N2O5/c1-3(6(12)14-2)9-5(11)4(10)8-7(9)13/h3H,1-2H3,(H,8,10,13). The summed E-state index contributed by atoms with van der Waals surface area (Å²) in [6, 6.07) is -2.00. The van der Waals surface area contributed by atoms with Crippen molar-refractivity contribution in [2.24, 2.45) is 0 Å². The minimum Gasteiger partial charge on any atom is -0.467 e. The molecule has 1 unspecified atom stereocenters. The number of carbonyl (C=O) groups excluding carboxylic acids is 4. The summed E-state index contributed by atoms with van der Waals surface area (Å²) in [6.45, 7) is 1.29. The van der Waals surface area contributed by atoms with Crippen molar-refractivity contribution in [1.82, 2.24) is 10.2 Å². The molecule has 1 N–H and O–H groups in total. The number of ether oxygens (including phenoxy) is 1. The normalized spacial score (nSPS) is 18.1. The first kappa shape index (κ1) is 10.2. The molecule has 0 aromatic heterocycles. The fourth-order valence-corrected chi connectivity index (χ4v) is 1.04. The number of urea groups is 1. The van der Waals surface area contributed by atoms with E-state index in [-0.39, 0.29) is 0 Å². The fraction of sp³-hybridized carbons (Fsp3) is 0.429. The zero-order valence-electron chi connectivity index (χ0n) is 7.57. The van der Waals surface area contributed by atoms with Crippen molar-refractivity contribution >= 4 is 23.8 Å². The van der Waals surface area contributed by atoms with Crippen molar-refractivity contribution in [3.05, 3.63) is 0 Å². The van der Waals surface area contributed by atoms with E-state index in [9.17, 15) is 19.2 Å². The van der Waals surface area contributed by atoms with Crippen LogP contribution in [0.1, 0.15) is 6.92 Å². The van der Waals surface area contributed by atoms with Crippen LogP contribution in [0.25, 0.3) is 0 Å². The smallest absolute Gasteiger partial charge is 0.332 e. The lowest BCUT2D eigenvalue weighted by atomic mass is 10.3. The second-order valence-electron chi connectivity index (χ2n) is 2.63. The van der Waals surface area contributed by atoms with Gasteiger partial charge in [-0.15, -0.1) is 0 Å². The molecule has 0 bridgehead atoms. The van der Waals surface area contributed by atoms with Gasteiger partial charge in [0.05, 0.1) is 7.11 Å². The summed E-state index contributed by atoms with van der Waals surface area (Å²) >= 11 is 0. The Morgan fingerprint density at radius 1 is 1.43 bits per heavy atom. The molecule has 1 fully saturated rings. The molecular weight excluding hydrogens is 192 g/mol. The highest BCUT2D eigenvalue weighted by molar-refractivity contribution is 6.45. The SMILES string of the molecule is COC(=O)C(C)N1C(=O)NC(=O)C1=O. The highest BCUT2D eigenvalue weighted by Crippen LogP contribution is 2.07. The van der Waals surface area contributed by atoms with Crippen LogP contribution in [-0.2, 0) is 19.1 Å². The summed E-state index contributed by atoms with van der Waals surface area (Å²) in [7, 11) is 1.12. The molecule has 7 heteroatoms. The number of hydrogen-bond donors (Lipinski definition) is 1. The maximum Gasteiger partial charge on any atom is 0.332 e. The Morgan fingerprint density at radius 2 is 2.00 bits per heavy atom. The third-order valence-corrected chi connectivity index (χ3v) is 1.78. The molecular formula is C7H8N2O5. The second-order valence-corrected chi connectivity index (χ2v) is 2.63. The van der Waals surface area contributed by atoms with Crippen molar-refractivity contribution in [3.63, 3.8) is 0 Å². The molecule has 1 atom stereocenters. The maximum atomic E-state index is 11.1. The number of hydrogen-bond acceptors (Lipinski definition) is 5. The van der Waals surface area contributed by atoms with Crippen LogP contribution < -0.4 is 5.32 Å². The number of imide groups is 2. The second kappa shape index (κ2) is 3.44. The zero-order valence-corrected chi connectivity index (χ0v) is 7.57. The van der Waals surface area contributed by atoms with E-state index in [1.807, 2.05) is 0 Å². The molecule has 1 aliphatic rings. The van der Waals surface area contributed by atoms with Crippen molar-refractivity contribution < 1.29 is 23.9 Å². The summed E-state index contributed by atoms with van der Waals surface area (Å²) < 4.78 is 4.33. The Kier molecular flexibility index (Phi) is 2.50. The van der Waals surface area contributed by atoms with Gasteiger partial charge in [-0.2, -0.15) is 0 Å². The number of rotatable bonds is 2. The zero-order chi connectivity index (χ0) is 10.9. The molecule has 0 aromatic carbocycles. The van der Waals surface area contributed by atoms with E-state index in [2.05, 4.69) is 4.74 Å². The van der Waals surface area contributed by atoms with Crippen LogP contribution >= 0.6 is 0 Å². The van der Waals surface area contributed by atoms with Crippen molar-refractivity contribution in [3.8, 4) is 0 Å². The first-order valence-corrected chi connectivity index (χ1v) is 3.75. The van der Waals surface area contributed by atoms with Crippen molar-refractivity contribution in [1.29, 1.82) is 0 Å². The van der Waals surface area contributed by atoms with Gasteiger partial charge in [0.1, 0.15) is 6.04 Å². The summed E-state index contributed by atoms with van der Waals surface area (Å²) in [5.41, 5.74) is 0. The lowest BCUT2D eigenvalue weighted by molar-refractivity contribution is -0.150. The van der Waals surface area contributed by atoms with Crippen molar-refractivity contribution in [2.75, 3.05) is 7.11 Å². The van der Waals surface area contributed by atoms with Crippen LogP contribution in [0.4, 0.5) is 4.79 Å². The van der Waals surface area contributed by atoms with Gasteiger partial charge in [-0.05, 0) is 6.92 Å². The van der Waals surface area contributed by atoms with Gasteiger partial charge in [0, 0.05) is 0 Å². The molecule has 76 valence electrons. The van der Waals surface area contributed by atoms with E-state index >= 15 is 0 Å². The number of amides is 4. The van der Waals surface area contributed by atoms with Crippen LogP contribution in [0.15, 0.2) is 0 Å². The molecule has 0 aromatic rings. The van der Waals surface area contributed by atoms with Gasteiger partial charge in [0.15, 0.2) is 0 Å². The minimum absolute atomic E-state index is 0.522. The van der Waals surface area contributed by atoms with Gasteiger partial charge in [-0.3, -0.25) is 14.9 Å². The number of esters is 1. The van der Waals surface area contributed by atoms with Gasteiger partial charge >= 0.3 is 23.8 Å². The predicted molar refractivity (Wildman–Crippen MR) is 41.9 cm³/mol. The van der Waals surface area contributed by atoms with E-state index in [1.54, 1.807) is 5.32 Å². The maximum absolute atomic E-state index is 11.1.